The van der Waals surface area contributed by atoms with Crippen LogP contribution in [0.1, 0.15) is 37.9 Å². The lowest BCUT2D eigenvalue weighted by atomic mass is 9.98. The molecule has 0 bridgehead atoms. The molecule has 20 heavy (non-hydrogen) atoms. The van der Waals surface area contributed by atoms with Crippen molar-refractivity contribution >= 4 is 0 Å². The van der Waals surface area contributed by atoms with Crippen molar-refractivity contribution in [2.45, 2.75) is 39.0 Å². The second-order valence-corrected chi connectivity index (χ2v) is 5.62. The Morgan fingerprint density at radius 3 is 2.20 bits per heavy atom. The van der Waals surface area contributed by atoms with Gasteiger partial charge in [-0.25, -0.2) is 0 Å². The predicted octanol–water partition coefficient (Wildman–Crippen LogP) is 3.68. The van der Waals surface area contributed by atoms with Gasteiger partial charge < -0.3 is 10.6 Å². The van der Waals surface area contributed by atoms with E-state index in [1.165, 1.54) is 12.1 Å². The summed E-state index contributed by atoms with van der Waals surface area (Å²) in [5, 5.41) is 0. The molecule has 0 aliphatic heterocycles. The lowest BCUT2D eigenvalue weighted by molar-refractivity contribution is -0.138. The van der Waals surface area contributed by atoms with Gasteiger partial charge >= 0.3 is 6.18 Å². The summed E-state index contributed by atoms with van der Waals surface area (Å²) in [5.41, 5.74) is 5.50. The second kappa shape index (κ2) is 6.59. The predicted molar refractivity (Wildman–Crippen MR) is 75.3 cm³/mol. The molecule has 5 heteroatoms. The van der Waals surface area contributed by atoms with E-state index in [2.05, 4.69) is 13.8 Å². The summed E-state index contributed by atoms with van der Waals surface area (Å²) < 4.78 is 38.9. The van der Waals surface area contributed by atoms with Crippen molar-refractivity contribution in [3.63, 3.8) is 0 Å². The maximum Gasteiger partial charge on any atom is 0.416 e. The molecule has 1 rings (SSSR count). The average Bonchev–Trinajstić information content (AvgIpc) is 2.36. The van der Waals surface area contributed by atoms with E-state index in [1.54, 1.807) is 6.07 Å². The van der Waals surface area contributed by atoms with Gasteiger partial charge in [0.2, 0.25) is 0 Å². The molecule has 0 radical (unpaired) electrons. The van der Waals surface area contributed by atoms with Gasteiger partial charge in [-0.1, -0.05) is 32.0 Å². The van der Waals surface area contributed by atoms with Gasteiger partial charge in [-0.2, -0.15) is 13.2 Å². The number of rotatable bonds is 5. The van der Waals surface area contributed by atoms with Crippen molar-refractivity contribution in [2.75, 3.05) is 13.6 Å². The number of halogens is 3. The van der Waals surface area contributed by atoms with Crippen molar-refractivity contribution in [2.24, 2.45) is 11.7 Å². The van der Waals surface area contributed by atoms with Crippen LogP contribution in [-0.2, 0) is 6.18 Å². The van der Waals surface area contributed by atoms with Crippen molar-refractivity contribution in [1.29, 1.82) is 0 Å². The van der Waals surface area contributed by atoms with Gasteiger partial charge in [-0.15, -0.1) is 0 Å². The molecule has 2 N–H and O–H groups in total. The summed E-state index contributed by atoms with van der Waals surface area (Å²) in [6.07, 6.45) is -4.36. The fourth-order valence-corrected chi connectivity index (χ4v) is 2.16. The summed E-state index contributed by atoms with van der Waals surface area (Å²) in [6.45, 7) is 6.60. The Bertz CT molecular complexity index is 429. The quantitative estimate of drug-likeness (QED) is 0.895. The van der Waals surface area contributed by atoms with Gasteiger partial charge in [0.05, 0.1) is 5.56 Å². The third-order valence-corrected chi connectivity index (χ3v) is 3.81. The van der Waals surface area contributed by atoms with Crippen molar-refractivity contribution in [3.8, 4) is 0 Å². The molecule has 0 amide bonds. The first-order valence-electron chi connectivity index (χ1n) is 6.76. The zero-order valence-electron chi connectivity index (χ0n) is 12.4. The topological polar surface area (TPSA) is 29.3 Å². The summed E-state index contributed by atoms with van der Waals surface area (Å²) in [7, 11) is 1.89. The number of benzene rings is 1. The highest BCUT2D eigenvalue weighted by Crippen LogP contribution is 2.34. The number of likely N-dealkylation sites (N-methyl/N-ethyl adjacent to an activating group) is 1. The first kappa shape index (κ1) is 17.0. The minimum absolute atomic E-state index is 0.155. The first-order chi connectivity index (χ1) is 9.14. The number of hydrogen-bond donors (Lipinski definition) is 1. The average molecular weight is 288 g/mol. The van der Waals surface area contributed by atoms with Gasteiger partial charge in [0.15, 0.2) is 0 Å². The molecule has 0 fully saturated rings. The minimum Gasteiger partial charge on any atom is -0.323 e. The SMILES string of the molecule is CC(C)C(C)N(C)CC(N)c1ccccc1C(F)(F)F. The monoisotopic (exact) mass is 288 g/mol. The zero-order chi connectivity index (χ0) is 15.5. The van der Waals surface area contributed by atoms with Crippen LogP contribution in [0.4, 0.5) is 13.2 Å². The largest absolute Gasteiger partial charge is 0.416 e. The molecular formula is C15H23F3N2. The highest BCUT2D eigenvalue weighted by atomic mass is 19.4. The maximum absolute atomic E-state index is 13.0. The molecule has 2 unspecified atom stereocenters. The van der Waals surface area contributed by atoms with Gasteiger partial charge in [0, 0.05) is 18.6 Å². The van der Waals surface area contributed by atoms with Crippen LogP contribution in [0.3, 0.4) is 0 Å². The van der Waals surface area contributed by atoms with E-state index in [9.17, 15) is 13.2 Å². The molecule has 0 heterocycles. The Hall–Kier alpha value is -1.07. The summed E-state index contributed by atoms with van der Waals surface area (Å²) in [4.78, 5) is 2.00. The van der Waals surface area contributed by atoms with Crippen LogP contribution in [0.15, 0.2) is 24.3 Å². The second-order valence-electron chi connectivity index (χ2n) is 5.62. The van der Waals surface area contributed by atoms with Crippen LogP contribution in [0.2, 0.25) is 0 Å². The van der Waals surface area contributed by atoms with E-state index in [4.69, 9.17) is 5.73 Å². The van der Waals surface area contributed by atoms with Crippen LogP contribution in [0.5, 0.6) is 0 Å². The smallest absolute Gasteiger partial charge is 0.323 e. The first-order valence-corrected chi connectivity index (χ1v) is 6.76. The minimum atomic E-state index is -4.36. The third kappa shape index (κ3) is 4.21. The molecule has 0 aliphatic carbocycles. The number of nitrogens with zero attached hydrogens (tertiary/aromatic N) is 1. The summed E-state index contributed by atoms with van der Waals surface area (Å²) in [5.74, 6) is 0.421. The van der Waals surface area contributed by atoms with Crippen LogP contribution >= 0.6 is 0 Å². The number of nitrogens with two attached hydrogens (primary N) is 1. The van der Waals surface area contributed by atoms with Crippen LogP contribution in [0, 0.1) is 5.92 Å². The molecule has 1 aromatic rings. The van der Waals surface area contributed by atoms with Gasteiger partial charge in [-0.3, -0.25) is 0 Å². The van der Waals surface area contributed by atoms with E-state index >= 15 is 0 Å². The molecule has 2 nitrogen and oxygen atoms in total. The van der Waals surface area contributed by atoms with E-state index in [0.717, 1.165) is 6.07 Å². The van der Waals surface area contributed by atoms with Crippen molar-refractivity contribution in [3.05, 3.63) is 35.4 Å². The highest BCUT2D eigenvalue weighted by molar-refractivity contribution is 5.32. The Morgan fingerprint density at radius 1 is 1.15 bits per heavy atom. The highest BCUT2D eigenvalue weighted by Gasteiger charge is 2.34. The van der Waals surface area contributed by atoms with E-state index in [1.807, 2.05) is 18.9 Å². The van der Waals surface area contributed by atoms with Gasteiger partial charge in [0.1, 0.15) is 0 Å². The maximum atomic E-state index is 13.0. The molecule has 0 aliphatic rings. The fraction of sp³-hybridized carbons (Fsp3) is 0.600. The fourth-order valence-electron chi connectivity index (χ4n) is 2.16. The summed E-state index contributed by atoms with van der Waals surface area (Å²) >= 11 is 0. The normalized spacial score (nSPS) is 15.7. The molecule has 0 aromatic heterocycles. The molecule has 0 saturated carbocycles. The molecule has 2 atom stereocenters. The zero-order valence-corrected chi connectivity index (χ0v) is 12.4. The standard InChI is InChI=1S/C15H23F3N2/c1-10(2)11(3)20(4)9-14(19)12-7-5-6-8-13(12)15(16,17)18/h5-8,10-11,14H,9,19H2,1-4H3. The Labute approximate surface area is 118 Å². The van der Waals surface area contributed by atoms with E-state index in [0.29, 0.717) is 12.5 Å². The van der Waals surface area contributed by atoms with Crippen molar-refractivity contribution < 1.29 is 13.2 Å². The van der Waals surface area contributed by atoms with E-state index in [-0.39, 0.29) is 11.6 Å². The van der Waals surface area contributed by atoms with Crippen LogP contribution in [-0.4, -0.2) is 24.5 Å². The third-order valence-electron chi connectivity index (χ3n) is 3.81. The van der Waals surface area contributed by atoms with Crippen molar-refractivity contribution in [1.82, 2.24) is 4.90 Å². The van der Waals surface area contributed by atoms with Crippen LogP contribution in [0.25, 0.3) is 0 Å². The van der Waals surface area contributed by atoms with E-state index < -0.39 is 17.8 Å². The molecule has 114 valence electrons. The molecular weight excluding hydrogens is 265 g/mol. The van der Waals surface area contributed by atoms with Gasteiger partial charge in [-0.05, 0) is 31.5 Å². The Kier molecular flexibility index (Phi) is 5.59. The molecule has 0 spiro atoms. The Morgan fingerprint density at radius 2 is 1.70 bits per heavy atom. The Balaban J connectivity index is 2.91. The lowest BCUT2D eigenvalue weighted by Gasteiger charge is -2.31. The number of alkyl halides is 3. The lowest BCUT2D eigenvalue weighted by Crippen LogP contribution is -2.38. The summed E-state index contributed by atoms with van der Waals surface area (Å²) in [6, 6.07) is 5.14. The molecule has 1 aromatic carbocycles. The van der Waals surface area contributed by atoms with Gasteiger partial charge in [0.25, 0.3) is 0 Å². The number of hydrogen-bond acceptors (Lipinski definition) is 2. The van der Waals surface area contributed by atoms with Crippen LogP contribution < -0.4 is 5.73 Å². The molecule has 0 saturated heterocycles.